The van der Waals surface area contributed by atoms with E-state index in [1.165, 1.54) is 23.2 Å². The van der Waals surface area contributed by atoms with E-state index in [9.17, 15) is 9.59 Å². The molecular formula is C21H20N2O5S. The van der Waals surface area contributed by atoms with Crippen LogP contribution in [0.1, 0.15) is 12.6 Å². The van der Waals surface area contributed by atoms with Crippen molar-refractivity contribution in [3.8, 4) is 11.5 Å². The molecule has 29 heavy (non-hydrogen) atoms. The van der Waals surface area contributed by atoms with E-state index in [1.54, 1.807) is 36.8 Å². The zero-order valence-electron chi connectivity index (χ0n) is 16.0. The van der Waals surface area contributed by atoms with Crippen molar-refractivity contribution in [2.24, 2.45) is 0 Å². The summed E-state index contributed by atoms with van der Waals surface area (Å²) in [6.45, 7) is 1.25. The fourth-order valence-corrected chi connectivity index (χ4v) is 3.41. The summed E-state index contributed by atoms with van der Waals surface area (Å²) in [5.41, 5.74) is 1.14. The summed E-state index contributed by atoms with van der Waals surface area (Å²) in [6.07, 6.45) is 0. The van der Waals surface area contributed by atoms with Crippen molar-refractivity contribution < 1.29 is 23.8 Å². The SMILES string of the molecule is COc1ccccc1N(C(C)=O)c1nc(COC(=O)COc2ccccc2)cs1. The second-order valence-electron chi connectivity index (χ2n) is 5.91. The quantitative estimate of drug-likeness (QED) is 0.521. The Hall–Kier alpha value is -3.39. The molecule has 0 atom stereocenters. The van der Waals surface area contributed by atoms with Gasteiger partial charge in [0.1, 0.15) is 18.1 Å². The molecule has 0 aliphatic heterocycles. The number of methoxy groups -OCH3 is 1. The first-order chi connectivity index (χ1) is 14.1. The van der Waals surface area contributed by atoms with Gasteiger partial charge < -0.3 is 14.2 Å². The molecule has 0 spiro atoms. The Kier molecular flexibility index (Phi) is 6.80. The van der Waals surface area contributed by atoms with Gasteiger partial charge in [-0.1, -0.05) is 30.3 Å². The Balaban J connectivity index is 1.63. The van der Waals surface area contributed by atoms with Crippen LogP contribution < -0.4 is 14.4 Å². The number of hydrogen-bond donors (Lipinski definition) is 0. The van der Waals surface area contributed by atoms with Crippen LogP contribution in [0.25, 0.3) is 0 Å². The van der Waals surface area contributed by atoms with Crippen LogP contribution in [-0.2, 0) is 20.9 Å². The number of benzene rings is 2. The maximum absolute atomic E-state index is 12.2. The number of rotatable bonds is 8. The molecule has 0 fully saturated rings. The van der Waals surface area contributed by atoms with E-state index >= 15 is 0 Å². The second kappa shape index (κ2) is 9.70. The predicted molar refractivity (Wildman–Crippen MR) is 110 cm³/mol. The van der Waals surface area contributed by atoms with Crippen LogP contribution in [-0.4, -0.2) is 30.6 Å². The lowest BCUT2D eigenvalue weighted by molar-refractivity contribution is -0.147. The minimum atomic E-state index is -0.503. The largest absolute Gasteiger partial charge is 0.495 e. The number of anilines is 2. The number of esters is 1. The molecule has 0 N–H and O–H groups in total. The summed E-state index contributed by atoms with van der Waals surface area (Å²) in [6, 6.07) is 16.2. The predicted octanol–water partition coefficient (Wildman–Crippen LogP) is 3.96. The minimum Gasteiger partial charge on any atom is -0.495 e. The second-order valence-corrected chi connectivity index (χ2v) is 6.75. The Morgan fingerprint density at radius 2 is 1.79 bits per heavy atom. The van der Waals surface area contributed by atoms with Crippen LogP contribution >= 0.6 is 11.3 Å². The third-order valence-corrected chi connectivity index (χ3v) is 4.73. The highest BCUT2D eigenvalue weighted by atomic mass is 32.1. The van der Waals surface area contributed by atoms with Gasteiger partial charge >= 0.3 is 5.97 Å². The molecule has 0 saturated carbocycles. The number of amides is 1. The molecule has 3 aromatic rings. The Bertz CT molecular complexity index is 974. The lowest BCUT2D eigenvalue weighted by Crippen LogP contribution is -2.23. The summed E-state index contributed by atoms with van der Waals surface area (Å²) < 4.78 is 15.9. The van der Waals surface area contributed by atoms with Crippen molar-refractivity contribution in [1.29, 1.82) is 0 Å². The highest BCUT2D eigenvalue weighted by Crippen LogP contribution is 2.35. The zero-order chi connectivity index (χ0) is 20.6. The van der Waals surface area contributed by atoms with Crippen molar-refractivity contribution in [2.75, 3.05) is 18.6 Å². The normalized spacial score (nSPS) is 10.3. The zero-order valence-corrected chi connectivity index (χ0v) is 16.8. The third kappa shape index (κ3) is 5.32. The Labute approximate surface area is 172 Å². The lowest BCUT2D eigenvalue weighted by Gasteiger charge is -2.20. The van der Waals surface area contributed by atoms with Gasteiger partial charge in [0.05, 0.1) is 18.5 Å². The van der Waals surface area contributed by atoms with Gasteiger partial charge in [-0.15, -0.1) is 11.3 Å². The van der Waals surface area contributed by atoms with E-state index in [2.05, 4.69) is 4.98 Å². The van der Waals surface area contributed by atoms with Crippen LogP contribution in [0.2, 0.25) is 0 Å². The fourth-order valence-electron chi connectivity index (χ4n) is 2.54. The number of hydrogen-bond acceptors (Lipinski definition) is 7. The van der Waals surface area contributed by atoms with E-state index in [1.807, 2.05) is 30.3 Å². The van der Waals surface area contributed by atoms with Crippen LogP contribution in [0.3, 0.4) is 0 Å². The summed E-state index contributed by atoms with van der Waals surface area (Å²) in [5, 5.41) is 2.21. The van der Waals surface area contributed by atoms with Crippen molar-refractivity contribution in [3.63, 3.8) is 0 Å². The van der Waals surface area contributed by atoms with Gasteiger partial charge in [-0.25, -0.2) is 9.78 Å². The standard InChI is InChI=1S/C21H20N2O5S/c1-15(24)23(18-10-6-7-11-19(18)26-2)21-22-16(14-29-21)12-28-20(25)13-27-17-8-4-3-5-9-17/h3-11,14H,12-13H2,1-2H3. The van der Waals surface area contributed by atoms with Gasteiger partial charge in [0.15, 0.2) is 11.7 Å². The van der Waals surface area contributed by atoms with Crippen LogP contribution in [0, 0.1) is 0 Å². The van der Waals surface area contributed by atoms with Gasteiger partial charge in [0.2, 0.25) is 5.91 Å². The summed E-state index contributed by atoms with van der Waals surface area (Å²) in [4.78, 5) is 30.0. The average molecular weight is 412 g/mol. The summed E-state index contributed by atoms with van der Waals surface area (Å²) in [5.74, 6) is 0.443. The van der Waals surface area contributed by atoms with E-state index in [0.717, 1.165) is 0 Å². The van der Waals surface area contributed by atoms with E-state index in [0.29, 0.717) is 28.0 Å². The topological polar surface area (TPSA) is 78.0 Å². The fraction of sp³-hybridized carbons (Fsp3) is 0.190. The number of aromatic nitrogens is 1. The molecule has 1 aromatic heterocycles. The molecule has 0 aliphatic carbocycles. The number of ether oxygens (including phenoxy) is 3. The first-order valence-electron chi connectivity index (χ1n) is 8.80. The molecule has 2 aromatic carbocycles. The van der Waals surface area contributed by atoms with Gasteiger partial charge in [-0.2, -0.15) is 0 Å². The molecule has 0 bridgehead atoms. The molecule has 7 nitrogen and oxygen atoms in total. The number of para-hydroxylation sites is 3. The third-order valence-electron chi connectivity index (χ3n) is 3.85. The molecule has 1 heterocycles. The molecule has 0 radical (unpaired) electrons. The van der Waals surface area contributed by atoms with Crippen LogP contribution in [0.5, 0.6) is 11.5 Å². The summed E-state index contributed by atoms with van der Waals surface area (Å²) in [7, 11) is 1.54. The average Bonchev–Trinajstić information content (AvgIpc) is 3.20. The van der Waals surface area contributed by atoms with Crippen molar-refractivity contribution in [3.05, 3.63) is 65.7 Å². The number of nitrogens with zero attached hydrogens (tertiary/aromatic N) is 2. The molecule has 1 amide bonds. The van der Waals surface area contributed by atoms with Crippen molar-refractivity contribution in [2.45, 2.75) is 13.5 Å². The van der Waals surface area contributed by atoms with E-state index < -0.39 is 5.97 Å². The Morgan fingerprint density at radius 1 is 1.07 bits per heavy atom. The molecule has 3 rings (SSSR count). The highest BCUT2D eigenvalue weighted by molar-refractivity contribution is 7.14. The maximum atomic E-state index is 12.2. The molecule has 0 unspecified atom stereocenters. The van der Waals surface area contributed by atoms with Crippen molar-refractivity contribution >= 4 is 34.0 Å². The van der Waals surface area contributed by atoms with Gasteiger partial charge in [0, 0.05) is 12.3 Å². The molecule has 8 heteroatoms. The van der Waals surface area contributed by atoms with Gasteiger partial charge in [-0.3, -0.25) is 9.69 Å². The van der Waals surface area contributed by atoms with Gasteiger partial charge in [0.25, 0.3) is 0 Å². The Morgan fingerprint density at radius 3 is 2.52 bits per heavy atom. The molecule has 0 aliphatic rings. The van der Waals surface area contributed by atoms with Gasteiger partial charge in [-0.05, 0) is 24.3 Å². The first-order valence-corrected chi connectivity index (χ1v) is 9.68. The van der Waals surface area contributed by atoms with E-state index in [4.69, 9.17) is 14.2 Å². The molecular weight excluding hydrogens is 392 g/mol. The molecule has 0 saturated heterocycles. The lowest BCUT2D eigenvalue weighted by atomic mass is 10.2. The van der Waals surface area contributed by atoms with Crippen molar-refractivity contribution in [1.82, 2.24) is 4.98 Å². The van der Waals surface area contributed by atoms with Crippen LogP contribution in [0.15, 0.2) is 60.0 Å². The maximum Gasteiger partial charge on any atom is 0.344 e. The summed E-state index contributed by atoms with van der Waals surface area (Å²) >= 11 is 1.28. The first kappa shape index (κ1) is 20.3. The number of thiazole rings is 1. The van der Waals surface area contributed by atoms with E-state index in [-0.39, 0.29) is 19.1 Å². The monoisotopic (exact) mass is 412 g/mol. The highest BCUT2D eigenvalue weighted by Gasteiger charge is 2.21. The number of carbonyl (C=O) groups is 2. The smallest absolute Gasteiger partial charge is 0.344 e. The molecule has 150 valence electrons. The minimum absolute atomic E-state index is 0.00878. The van der Waals surface area contributed by atoms with Crippen LogP contribution in [0.4, 0.5) is 10.8 Å². The number of carbonyl (C=O) groups excluding carboxylic acids is 2.